The standard InChI is InChI=1S/C24H22BrN3O4S/c1-24(2,3)32-23(30)28-12-33-11-18(28)17-10-26-22(27-17)13-4-7-19-16(8-13)21(29)15-6-5-14(25)9-20(15)31-19/h4-10,18H,11-12H2,1-3H3,(H,26,27)/t18-/m0/s1. The highest BCUT2D eigenvalue weighted by Crippen LogP contribution is 2.34. The van der Waals surface area contributed by atoms with Gasteiger partial charge in [0.2, 0.25) is 5.43 Å². The van der Waals surface area contributed by atoms with Gasteiger partial charge in [-0.15, -0.1) is 11.8 Å². The number of nitrogens with zero attached hydrogens (tertiary/aromatic N) is 2. The number of amides is 1. The van der Waals surface area contributed by atoms with Crippen LogP contribution in [-0.4, -0.2) is 38.2 Å². The first-order valence-corrected chi connectivity index (χ1v) is 12.4. The molecule has 9 heteroatoms. The molecule has 7 nitrogen and oxygen atoms in total. The van der Waals surface area contributed by atoms with Crippen molar-refractivity contribution in [3.63, 3.8) is 0 Å². The van der Waals surface area contributed by atoms with E-state index in [1.807, 2.05) is 32.9 Å². The number of aromatic nitrogens is 2. The molecular weight excluding hydrogens is 506 g/mol. The van der Waals surface area contributed by atoms with Gasteiger partial charge in [-0.25, -0.2) is 9.78 Å². The minimum atomic E-state index is -0.555. The molecule has 4 aromatic rings. The monoisotopic (exact) mass is 527 g/mol. The van der Waals surface area contributed by atoms with Crippen LogP contribution in [0.5, 0.6) is 0 Å². The second kappa shape index (κ2) is 8.22. The molecule has 33 heavy (non-hydrogen) atoms. The third kappa shape index (κ3) is 4.27. The van der Waals surface area contributed by atoms with Crippen molar-refractivity contribution in [2.45, 2.75) is 32.4 Å². The lowest BCUT2D eigenvalue weighted by atomic mass is 10.1. The van der Waals surface area contributed by atoms with Gasteiger partial charge in [-0.1, -0.05) is 15.9 Å². The average Bonchev–Trinajstić information content (AvgIpc) is 3.42. The molecule has 1 amide bonds. The first kappa shape index (κ1) is 22.0. The smallest absolute Gasteiger partial charge is 0.411 e. The third-order valence-electron chi connectivity index (χ3n) is 5.37. The van der Waals surface area contributed by atoms with Crippen molar-refractivity contribution in [2.75, 3.05) is 11.6 Å². The number of halogens is 1. The zero-order valence-corrected chi connectivity index (χ0v) is 20.7. The van der Waals surface area contributed by atoms with Crippen LogP contribution in [0.25, 0.3) is 33.3 Å². The van der Waals surface area contributed by atoms with Crippen LogP contribution in [0, 0.1) is 0 Å². The molecule has 0 spiro atoms. The Labute approximate surface area is 202 Å². The first-order chi connectivity index (χ1) is 15.7. The van der Waals surface area contributed by atoms with E-state index >= 15 is 0 Å². The van der Waals surface area contributed by atoms with E-state index in [4.69, 9.17) is 9.15 Å². The van der Waals surface area contributed by atoms with Crippen molar-refractivity contribution in [3.05, 3.63) is 63.0 Å². The Bertz CT molecular complexity index is 1440. The Hall–Kier alpha value is -2.78. The van der Waals surface area contributed by atoms with E-state index in [0.29, 0.717) is 33.6 Å². The highest BCUT2D eigenvalue weighted by atomic mass is 79.9. The summed E-state index contributed by atoms with van der Waals surface area (Å²) >= 11 is 5.08. The van der Waals surface area contributed by atoms with E-state index in [1.54, 1.807) is 47.1 Å². The molecule has 1 fully saturated rings. The van der Waals surface area contributed by atoms with Crippen LogP contribution in [0.4, 0.5) is 4.79 Å². The summed E-state index contributed by atoms with van der Waals surface area (Å²) in [6, 6.07) is 10.7. The Morgan fingerprint density at radius 3 is 2.82 bits per heavy atom. The second-order valence-corrected chi connectivity index (χ2v) is 10.9. The average molecular weight is 528 g/mol. The fourth-order valence-corrected chi connectivity index (χ4v) is 5.34. The predicted octanol–water partition coefficient (Wildman–Crippen LogP) is 6.08. The molecule has 170 valence electrons. The Balaban J connectivity index is 1.48. The third-order valence-corrected chi connectivity index (χ3v) is 6.88. The van der Waals surface area contributed by atoms with Crippen molar-refractivity contribution in [1.82, 2.24) is 14.9 Å². The summed E-state index contributed by atoms with van der Waals surface area (Å²) in [6.07, 6.45) is 1.41. The van der Waals surface area contributed by atoms with E-state index in [-0.39, 0.29) is 17.6 Å². The van der Waals surface area contributed by atoms with E-state index in [2.05, 4.69) is 25.9 Å². The summed E-state index contributed by atoms with van der Waals surface area (Å²) in [5.74, 6) is 1.95. The Morgan fingerprint density at radius 1 is 1.21 bits per heavy atom. The number of aromatic amines is 1. The molecule has 0 aliphatic carbocycles. The minimum absolute atomic E-state index is 0.0873. The second-order valence-electron chi connectivity index (χ2n) is 8.94. The number of carbonyl (C=O) groups is 1. The fraction of sp³-hybridized carbons (Fsp3) is 0.292. The quantitative estimate of drug-likeness (QED) is 0.317. The fourth-order valence-electron chi connectivity index (χ4n) is 3.83. The number of ether oxygens (including phenoxy) is 1. The molecule has 1 aliphatic heterocycles. The van der Waals surface area contributed by atoms with Crippen LogP contribution in [0.3, 0.4) is 0 Å². The lowest BCUT2D eigenvalue weighted by Gasteiger charge is -2.27. The number of hydrogen-bond acceptors (Lipinski definition) is 6. The molecule has 1 saturated heterocycles. The van der Waals surface area contributed by atoms with Crippen LogP contribution in [0.1, 0.15) is 32.5 Å². The molecule has 1 aliphatic rings. The van der Waals surface area contributed by atoms with E-state index in [1.165, 1.54) is 0 Å². The highest BCUT2D eigenvalue weighted by molar-refractivity contribution is 9.10. The Morgan fingerprint density at radius 2 is 2.03 bits per heavy atom. The number of rotatable bonds is 2. The van der Waals surface area contributed by atoms with Crippen LogP contribution >= 0.6 is 27.7 Å². The van der Waals surface area contributed by atoms with Gasteiger partial charge in [0.1, 0.15) is 22.6 Å². The molecule has 5 rings (SSSR count). The van der Waals surface area contributed by atoms with Gasteiger partial charge in [0, 0.05) is 15.8 Å². The van der Waals surface area contributed by atoms with Crippen molar-refractivity contribution in [2.24, 2.45) is 0 Å². The van der Waals surface area contributed by atoms with Gasteiger partial charge in [0.25, 0.3) is 0 Å². The van der Waals surface area contributed by atoms with Gasteiger partial charge in [-0.2, -0.15) is 0 Å². The lowest BCUT2D eigenvalue weighted by molar-refractivity contribution is 0.0236. The molecule has 0 saturated carbocycles. The summed E-state index contributed by atoms with van der Waals surface area (Å²) in [7, 11) is 0. The molecule has 0 bridgehead atoms. The van der Waals surface area contributed by atoms with Gasteiger partial charge < -0.3 is 14.1 Å². The van der Waals surface area contributed by atoms with Gasteiger partial charge >= 0.3 is 6.09 Å². The maximum absolute atomic E-state index is 13.1. The summed E-state index contributed by atoms with van der Waals surface area (Å²) in [4.78, 5) is 35.3. The van der Waals surface area contributed by atoms with Crippen molar-refractivity contribution < 1.29 is 13.9 Å². The van der Waals surface area contributed by atoms with Gasteiger partial charge in [-0.05, 0) is 57.2 Å². The van der Waals surface area contributed by atoms with Crippen LogP contribution in [-0.2, 0) is 4.74 Å². The normalized spacial score (nSPS) is 16.6. The van der Waals surface area contributed by atoms with E-state index in [0.717, 1.165) is 21.5 Å². The SMILES string of the molecule is CC(C)(C)OC(=O)N1CSC[C@H]1c1cnc(-c2ccc3oc4cc(Br)ccc4c(=O)c3c2)[nH]1. The number of imidazole rings is 1. The molecule has 1 atom stereocenters. The van der Waals surface area contributed by atoms with Crippen molar-refractivity contribution in [3.8, 4) is 11.4 Å². The maximum atomic E-state index is 13.1. The molecule has 0 unspecified atom stereocenters. The molecule has 1 N–H and O–H groups in total. The van der Waals surface area contributed by atoms with E-state index < -0.39 is 5.60 Å². The molecule has 3 heterocycles. The van der Waals surface area contributed by atoms with Crippen LogP contribution < -0.4 is 5.43 Å². The lowest BCUT2D eigenvalue weighted by Crippen LogP contribution is -2.36. The maximum Gasteiger partial charge on any atom is 0.411 e. The number of nitrogens with one attached hydrogen (secondary N) is 1. The largest absolute Gasteiger partial charge is 0.456 e. The number of thioether (sulfide) groups is 1. The summed E-state index contributed by atoms with van der Waals surface area (Å²) in [5.41, 5.74) is 2.01. The summed E-state index contributed by atoms with van der Waals surface area (Å²) in [5, 5.41) is 1.02. The predicted molar refractivity (Wildman–Crippen MR) is 133 cm³/mol. The van der Waals surface area contributed by atoms with Crippen LogP contribution in [0.15, 0.2) is 56.3 Å². The minimum Gasteiger partial charge on any atom is -0.456 e. The summed E-state index contributed by atoms with van der Waals surface area (Å²) < 4.78 is 12.4. The number of carbonyl (C=O) groups excluding carboxylic acids is 1. The van der Waals surface area contributed by atoms with Gasteiger partial charge in [0.15, 0.2) is 0 Å². The van der Waals surface area contributed by atoms with E-state index in [9.17, 15) is 9.59 Å². The highest BCUT2D eigenvalue weighted by Gasteiger charge is 2.34. The number of benzene rings is 2. The first-order valence-electron chi connectivity index (χ1n) is 10.5. The topological polar surface area (TPSA) is 88.4 Å². The van der Waals surface area contributed by atoms with Crippen molar-refractivity contribution >= 4 is 55.7 Å². The van der Waals surface area contributed by atoms with Crippen molar-refractivity contribution in [1.29, 1.82) is 0 Å². The Kier molecular flexibility index (Phi) is 5.49. The zero-order valence-electron chi connectivity index (χ0n) is 18.3. The number of hydrogen-bond donors (Lipinski definition) is 1. The molecular formula is C24H22BrN3O4S. The van der Waals surface area contributed by atoms with Gasteiger partial charge in [-0.3, -0.25) is 9.69 Å². The van der Waals surface area contributed by atoms with Crippen LogP contribution in [0.2, 0.25) is 0 Å². The summed E-state index contributed by atoms with van der Waals surface area (Å²) in [6.45, 7) is 5.57. The number of H-pyrrole nitrogens is 1. The molecule has 2 aromatic carbocycles. The van der Waals surface area contributed by atoms with Gasteiger partial charge in [0.05, 0.1) is 34.6 Å². The zero-order chi connectivity index (χ0) is 23.3. The number of fused-ring (bicyclic) bond motifs is 2. The molecule has 2 aromatic heterocycles. The molecule has 0 radical (unpaired) electrons.